The summed E-state index contributed by atoms with van der Waals surface area (Å²) in [5.41, 5.74) is 1.42. The van der Waals surface area contributed by atoms with Gasteiger partial charge in [-0.25, -0.2) is 4.68 Å². The highest BCUT2D eigenvalue weighted by Crippen LogP contribution is 2.19. The van der Waals surface area contributed by atoms with Crippen LogP contribution in [-0.4, -0.2) is 37.4 Å². The highest BCUT2D eigenvalue weighted by Gasteiger charge is 2.15. The Morgan fingerprint density at radius 1 is 1.20 bits per heavy atom. The summed E-state index contributed by atoms with van der Waals surface area (Å²) < 4.78 is 6.44. The summed E-state index contributed by atoms with van der Waals surface area (Å²) in [7, 11) is 1.57. The van der Waals surface area contributed by atoms with Crippen LogP contribution in [0.2, 0.25) is 0 Å². The van der Waals surface area contributed by atoms with Crippen LogP contribution in [0, 0.1) is 0 Å². The van der Waals surface area contributed by atoms with Crippen LogP contribution >= 0.6 is 0 Å². The molecule has 0 bridgehead atoms. The fourth-order valence-electron chi connectivity index (χ4n) is 1.91. The van der Waals surface area contributed by atoms with Crippen molar-refractivity contribution < 1.29 is 20.1 Å². The summed E-state index contributed by atoms with van der Waals surface area (Å²) >= 11 is 0. The van der Waals surface area contributed by atoms with E-state index in [4.69, 9.17) is 9.84 Å². The summed E-state index contributed by atoms with van der Waals surface area (Å²) in [6, 6.07) is 7.02. The molecule has 0 spiro atoms. The second-order valence-electron chi connectivity index (χ2n) is 4.27. The first-order valence-electron chi connectivity index (χ1n) is 6.14. The third kappa shape index (κ3) is 2.96. The van der Waals surface area contributed by atoms with Crippen LogP contribution in [0.15, 0.2) is 24.3 Å². The minimum absolute atomic E-state index is 0.148. The van der Waals surface area contributed by atoms with Crippen LogP contribution < -0.4 is 4.74 Å². The summed E-state index contributed by atoms with van der Waals surface area (Å²) in [5, 5.41) is 36.1. The zero-order valence-corrected chi connectivity index (χ0v) is 11.1. The van der Waals surface area contributed by atoms with Gasteiger partial charge < -0.3 is 20.1 Å². The Morgan fingerprint density at radius 3 is 2.45 bits per heavy atom. The van der Waals surface area contributed by atoms with Crippen molar-refractivity contribution >= 4 is 0 Å². The average Bonchev–Trinajstić information content (AvgIpc) is 2.89. The maximum Gasteiger partial charge on any atom is 0.118 e. The van der Waals surface area contributed by atoms with E-state index in [0.717, 1.165) is 0 Å². The molecule has 0 unspecified atom stereocenters. The first kappa shape index (κ1) is 14.4. The van der Waals surface area contributed by atoms with Gasteiger partial charge in [-0.2, -0.15) is 0 Å². The molecule has 1 aromatic carbocycles. The van der Waals surface area contributed by atoms with Crippen LogP contribution in [0.3, 0.4) is 0 Å². The first-order chi connectivity index (χ1) is 9.69. The normalized spacial score (nSPS) is 12.4. The van der Waals surface area contributed by atoms with Crippen molar-refractivity contribution in [2.24, 2.45) is 0 Å². The minimum atomic E-state index is -0.792. The molecule has 0 aliphatic rings. The van der Waals surface area contributed by atoms with Gasteiger partial charge >= 0.3 is 0 Å². The number of methoxy groups -OCH3 is 1. The molecule has 0 aliphatic carbocycles. The topological polar surface area (TPSA) is 101 Å². The van der Waals surface area contributed by atoms with Gasteiger partial charge in [-0.1, -0.05) is 17.3 Å². The molecule has 0 amide bonds. The number of benzene rings is 1. The zero-order valence-electron chi connectivity index (χ0n) is 11.1. The molecule has 7 heteroatoms. The summed E-state index contributed by atoms with van der Waals surface area (Å²) in [6.07, 6.45) is -0.792. The highest BCUT2D eigenvalue weighted by atomic mass is 16.5. The van der Waals surface area contributed by atoms with E-state index in [1.54, 1.807) is 31.4 Å². The fraction of sp³-hybridized carbons (Fsp3) is 0.385. The van der Waals surface area contributed by atoms with Gasteiger partial charge in [0, 0.05) is 0 Å². The zero-order chi connectivity index (χ0) is 14.5. The second-order valence-corrected chi connectivity index (χ2v) is 4.27. The van der Waals surface area contributed by atoms with E-state index in [-0.39, 0.29) is 19.8 Å². The highest BCUT2D eigenvalue weighted by molar-refractivity contribution is 5.28. The molecule has 0 saturated heterocycles. The molecule has 0 aliphatic heterocycles. The van der Waals surface area contributed by atoms with Crippen molar-refractivity contribution in [2.75, 3.05) is 7.11 Å². The molecule has 3 N–H and O–H groups in total. The molecule has 2 rings (SSSR count). The van der Waals surface area contributed by atoms with E-state index in [0.29, 0.717) is 22.7 Å². The Labute approximate surface area is 116 Å². The van der Waals surface area contributed by atoms with E-state index in [2.05, 4.69) is 10.3 Å². The van der Waals surface area contributed by atoms with Crippen molar-refractivity contribution in [3.8, 4) is 5.75 Å². The molecule has 1 atom stereocenters. The Kier molecular flexibility index (Phi) is 4.67. The molecule has 2 aromatic rings. The molecular formula is C13H17N3O4. The number of rotatable bonds is 6. The lowest BCUT2D eigenvalue weighted by atomic mass is 10.1. The van der Waals surface area contributed by atoms with Crippen LogP contribution in [0.25, 0.3) is 0 Å². The van der Waals surface area contributed by atoms with E-state index in [1.807, 2.05) is 0 Å². The summed E-state index contributed by atoms with van der Waals surface area (Å²) in [4.78, 5) is 0. The third-order valence-corrected chi connectivity index (χ3v) is 3.06. The average molecular weight is 279 g/mol. The lowest BCUT2D eigenvalue weighted by molar-refractivity contribution is 0.145. The van der Waals surface area contributed by atoms with Gasteiger partial charge in [0.25, 0.3) is 0 Å². The molecular weight excluding hydrogens is 262 g/mol. The van der Waals surface area contributed by atoms with Crippen LogP contribution in [0.5, 0.6) is 5.75 Å². The van der Waals surface area contributed by atoms with Gasteiger partial charge in [-0.3, -0.25) is 0 Å². The Morgan fingerprint density at radius 2 is 1.90 bits per heavy atom. The number of hydrogen-bond acceptors (Lipinski definition) is 6. The Hall–Kier alpha value is -1.96. The monoisotopic (exact) mass is 279 g/mol. The molecule has 0 fully saturated rings. The number of nitrogens with zero attached hydrogens (tertiary/aromatic N) is 3. The van der Waals surface area contributed by atoms with Crippen LogP contribution in [-0.2, 0) is 19.8 Å². The van der Waals surface area contributed by atoms with Gasteiger partial charge in [-0.15, -0.1) is 5.10 Å². The number of hydrogen-bond donors (Lipinski definition) is 3. The minimum Gasteiger partial charge on any atom is -0.497 e. The van der Waals surface area contributed by atoms with Crippen molar-refractivity contribution in [1.82, 2.24) is 15.0 Å². The van der Waals surface area contributed by atoms with Crippen molar-refractivity contribution in [3.63, 3.8) is 0 Å². The predicted molar refractivity (Wildman–Crippen MR) is 69.8 cm³/mol. The van der Waals surface area contributed by atoms with E-state index in [1.165, 1.54) is 4.68 Å². The molecule has 1 heterocycles. The van der Waals surface area contributed by atoms with E-state index < -0.39 is 6.10 Å². The van der Waals surface area contributed by atoms with Gasteiger partial charge in [-0.05, 0) is 17.7 Å². The summed E-state index contributed by atoms with van der Waals surface area (Å²) in [6.45, 7) is -0.442. The third-order valence-electron chi connectivity index (χ3n) is 3.06. The summed E-state index contributed by atoms with van der Waals surface area (Å²) in [5.74, 6) is 0.709. The Bertz CT molecular complexity index is 553. The van der Waals surface area contributed by atoms with Gasteiger partial charge in [0.2, 0.25) is 0 Å². The Balaban J connectivity index is 2.14. The first-order valence-corrected chi connectivity index (χ1v) is 6.14. The second kappa shape index (κ2) is 6.47. The number of ether oxygens (including phenoxy) is 1. The van der Waals surface area contributed by atoms with Gasteiger partial charge in [0.1, 0.15) is 11.4 Å². The van der Waals surface area contributed by atoms with Gasteiger partial charge in [0.05, 0.1) is 38.7 Å². The maximum atomic E-state index is 10.2. The number of aromatic nitrogens is 3. The number of aliphatic hydroxyl groups excluding tert-OH is 3. The molecule has 7 nitrogen and oxygen atoms in total. The standard InChI is InChI=1S/C13H17N3O4/c1-20-10-4-2-9(3-5-10)13(19)6-16-12(8-18)11(7-17)14-15-16/h2-5,13,17-19H,6-8H2,1H3/t13-/m0/s1. The smallest absolute Gasteiger partial charge is 0.118 e. The lowest BCUT2D eigenvalue weighted by Crippen LogP contribution is -2.13. The molecule has 0 saturated carbocycles. The van der Waals surface area contributed by atoms with Crippen molar-refractivity contribution in [1.29, 1.82) is 0 Å². The van der Waals surface area contributed by atoms with Crippen molar-refractivity contribution in [3.05, 3.63) is 41.2 Å². The molecule has 0 radical (unpaired) electrons. The lowest BCUT2D eigenvalue weighted by Gasteiger charge is -2.13. The quantitative estimate of drug-likeness (QED) is 0.688. The molecule has 108 valence electrons. The van der Waals surface area contributed by atoms with Crippen LogP contribution in [0.1, 0.15) is 23.1 Å². The maximum absolute atomic E-state index is 10.2. The van der Waals surface area contributed by atoms with Crippen molar-refractivity contribution in [2.45, 2.75) is 25.9 Å². The van der Waals surface area contributed by atoms with Gasteiger partial charge in [0.15, 0.2) is 0 Å². The number of aliphatic hydroxyl groups is 3. The molecule has 20 heavy (non-hydrogen) atoms. The largest absolute Gasteiger partial charge is 0.497 e. The fourth-order valence-corrected chi connectivity index (χ4v) is 1.91. The van der Waals surface area contributed by atoms with Crippen LogP contribution in [0.4, 0.5) is 0 Å². The predicted octanol–water partition coefficient (Wildman–Crippen LogP) is 0.00490. The molecule has 1 aromatic heterocycles. The van der Waals surface area contributed by atoms with E-state index in [9.17, 15) is 10.2 Å². The SMILES string of the molecule is COc1ccc([C@@H](O)Cn2nnc(CO)c2CO)cc1. The van der Waals surface area contributed by atoms with E-state index >= 15 is 0 Å².